The summed E-state index contributed by atoms with van der Waals surface area (Å²) in [6, 6.07) is 1.15. The van der Waals surface area contributed by atoms with Crippen molar-refractivity contribution in [3.63, 3.8) is 0 Å². The highest BCUT2D eigenvalue weighted by molar-refractivity contribution is 5.93. The SMILES string of the molecule is CC(C)(O)C(C)(C)NC(=O)c1cc([N+](=O)[O-])c[nH]1. The first-order chi connectivity index (χ1) is 8.04. The van der Waals surface area contributed by atoms with Gasteiger partial charge in [-0.25, -0.2) is 0 Å². The highest BCUT2D eigenvalue weighted by Gasteiger charge is 2.36. The molecule has 0 saturated heterocycles. The maximum Gasteiger partial charge on any atom is 0.287 e. The van der Waals surface area contributed by atoms with E-state index in [1.165, 1.54) is 0 Å². The number of carbonyl (C=O) groups excluding carboxylic acids is 1. The molecule has 7 nitrogen and oxygen atoms in total. The molecule has 0 bridgehead atoms. The molecule has 1 aromatic heterocycles. The van der Waals surface area contributed by atoms with E-state index < -0.39 is 22.0 Å². The lowest BCUT2D eigenvalue weighted by Crippen LogP contribution is -2.57. The fourth-order valence-corrected chi connectivity index (χ4v) is 1.12. The average molecular weight is 255 g/mol. The van der Waals surface area contributed by atoms with Crippen molar-refractivity contribution in [1.82, 2.24) is 10.3 Å². The molecule has 0 spiro atoms. The van der Waals surface area contributed by atoms with Gasteiger partial charge in [0.2, 0.25) is 0 Å². The maximum absolute atomic E-state index is 11.9. The molecule has 1 aromatic rings. The highest BCUT2D eigenvalue weighted by atomic mass is 16.6. The Bertz CT molecular complexity index is 471. The first-order valence-corrected chi connectivity index (χ1v) is 5.42. The van der Waals surface area contributed by atoms with E-state index in [1.807, 2.05) is 0 Å². The largest absolute Gasteiger partial charge is 0.388 e. The standard InChI is InChI=1S/C11H17N3O4/c1-10(2,11(3,4)16)13-9(15)8-5-7(6-12-8)14(17)18/h5-6,12,16H,1-4H3,(H,13,15). The van der Waals surface area contributed by atoms with Crippen molar-refractivity contribution in [2.75, 3.05) is 0 Å². The van der Waals surface area contributed by atoms with Crippen LogP contribution in [0.2, 0.25) is 0 Å². The zero-order valence-corrected chi connectivity index (χ0v) is 10.8. The third-order valence-electron chi connectivity index (χ3n) is 3.08. The Hall–Kier alpha value is -1.89. The van der Waals surface area contributed by atoms with Crippen molar-refractivity contribution in [3.05, 3.63) is 28.1 Å². The molecule has 0 fully saturated rings. The number of aliphatic hydroxyl groups is 1. The van der Waals surface area contributed by atoms with E-state index in [9.17, 15) is 20.0 Å². The predicted octanol–water partition coefficient (Wildman–Crippen LogP) is 1.20. The van der Waals surface area contributed by atoms with Gasteiger partial charge in [-0.05, 0) is 27.7 Å². The van der Waals surface area contributed by atoms with Crippen LogP contribution in [0.3, 0.4) is 0 Å². The number of rotatable bonds is 4. The molecule has 3 N–H and O–H groups in total. The summed E-state index contributed by atoms with van der Waals surface area (Å²) in [7, 11) is 0. The summed E-state index contributed by atoms with van der Waals surface area (Å²) in [6.07, 6.45) is 1.14. The van der Waals surface area contributed by atoms with E-state index in [1.54, 1.807) is 27.7 Å². The van der Waals surface area contributed by atoms with Crippen molar-refractivity contribution < 1.29 is 14.8 Å². The lowest BCUT2D eigenvalue weighted by molar-refractivity contribution is -0.384. The molecule has 0 radical (unpaired) electrons. The van der Waals surface area contributed by atoms with E-state index >= 15 is 0 Å². The fourth-order valence-electron chi connectivity index (χ4n) is 1.12. The van der Waals surface area contributed by atoms with Crippen molar-refractivity contribution >= 4 is 11.6 Å². The lowest BCUT2D eigenvalue weighted by Gasteiger charge is -2.37. The van der Waals surface area contributed by atoms with E-state index in [4.69, 9.17) is 0 Å². The van der Waals surface area contributed by atoms with Crippen LogP contribution in [0.1, 0.15) is 38.2 Å². The van der Waals surface area contributed by atoms with Gasteiger partial charge >= 0.3 is 0 Å². The number of nitrogens with one attached hydrogen (secondary N) is 2. The number of carbonyl (C=O) groups is 1. The second-order valence-corrected chi connectivity index (χ2v) is 5.17. The lowest BCUT2D eigenvalue weighted by atomic mass is 9.86. The summed E-state index contributed by atoms with van der Waals surface area (Å²) in [5, 5.41) is 23.0. The Morgan fingerprint density at radius 1 is 1.44 bits per heavy atom. The molecule has 0 aliphatic rings. The van der Waals surface area contributed by atoms with Crippen LogP contribution in [0.25, 0.3) is 0 Å². The topological polar surface area (TPSA) is 108 Å². The molecule has 0 aliphatic carbocycles. The Morgan fingerprint density at radius 3 is 2.39 bits per heavy atom. The molecule has 1 heterocycles. The molecular weight excluding hydrogens is 238 g/mol. The number of hydrogen-bond donors (Lipinski definition) is 3. The number of amides is 1. The summed E-state index contributed by atoms with van der Waals surface area (Å²) in [6.45, 7) is 6.49. The molecule has 100 valence electrons. The van der Waals surface area contributed by atoms with Crippen LogP contribution in [0, 0.1) is 10.1 Å². The minimum absolute atomic E-state index is 0.0824. The van der Waals surface area contributed by atoms with Crippen molar-refractivity contribution in [1.29, 1.82) is 0 Å². The Kier molecular flexibility index (Phi) is 3.47. The number of nitrogens with zero attached hydrogens (tertiary/aromatic N) is 1. The van der Waals surface area contributed by atoms with E-state index in [0.717, 1.165) is 12.3 Å². The summed E-state index contributed by atoms with van der Waals surface area (Å²) in [5.41, 5.74) is -2.09. The van der Waals surface area contributed by atoms with Crippen LogP contribution in [0.15, 0.2) is 12.3 Å². The smallest absolute Gasteiger partial charge is 0.287 e. The van der Waals surface area contributed by atoms with Gasteiger partial charge in [-0.2, -0.15) is 0 Å². The molecule has 0 unspecified atom stereocenters. The van der Waals surface area contributed by atoms with Crippen LogP contribution in [0.4, 0.5) is 5.69 Å². The molecule has 1 rings (SSSR count). The normalized spacial score (nSPS) is 12.3. The van der Waals surface area contributed by atoms with Gasteiger partial charge in [0.25, 0.3) is 11.6 Å². The van der Waals surface area contributed by atoms with Crippen molar-refractivity contribution in [2.24, 2.45) is 0 Å². The quantitative estimate of drug-likeness (QED) is 0.554. The summed E-state index contributed by atoms with van der Waals surface area (Å²) < 4.78 is 0. The zero-order chi connectivity index (χ0) is 14.1. The minimum Gasteiger partial charge on any atom is -0.388 e. The number of H-pyrrole nitrogens is 1. The third-order valence-corrected chi connectivity index (χ3v) is 3.08. The molecule has 18 heavy (non-hydrogen) atoms. The van der Waals surface area contributed by atoms with Gasteiger partial charge in [0.15, 0.2) is 0 Å². The van der Waals surface area contributed by atoms with E-state index in [2.05, 4.69) is 10.3 Å². The van der Waals surface area contributed by atoms with Gasteiger partial charge in [-0.1, -0.05) is 0 Å². The number of hydrogen-bond acceptors (Lipinski definition) is 4. The second kappa shape index (κ2) is 4.41. The summed E-state index contributed by atoms with van der Waals surface area (Å²) in [4.78, 5) is 24.3. The minimum atomic E-state index is -1.12. The molecule has 0 aliphatic heterocycles. The second-order valence-electron chi connectivity index (χ2n) is 5.17. The van der Waals surface area contributed by atoms with E-state index in [0.29, 0.717) is 0 Å². The summed E-state index contributed by atoms with van der Waals surface area (Å²) in [5.74, 6) is -0.504. The fraction of sp³-hybridized carbons (Fsp3) is 0.545. The number of aromatic amines is 1. The van der Waals surface area contributed by atoms with Crippen LogP contribution in [0.5, 0.6) is 0 Å². The average Bonchev–Trinajstić information content (AvgIpc) is 2.63. The van der Waals surface area contributed by atoms with Gasteiger partial charge in [0.05, 0.1) is 22.3 Å². The first kappa shape index (κ1) is 14.2. The Labute approximate surface area is 104 Å². The van der Waals surface area contributed by atoms with Crippen molar-refractivity contribution in [2.45, 2.75) is 38.8 Å². The van der Waals surface area contributed by atoms with Gasteiger partial charge in [-0.15, -0.1) is 0 Å². The van der Waals surface area contributed by atoms with Gasteiger partial charge in [0, 0.05) is 6.07 Å². The zero-order valence-electron chi connectivity index (χ0n) is 10.8. The molecular formula is C11H17N3O4. The molecule has 1 amide bonds. The third kappa shape index (κ3) is 2.86. The van der Waals surface area contributed by atoms with Gasteiger partial charge < -0.3 is 15.4 Å². The predicted molar refractivity (Wildman–Crippen MR) is 65.3 cm³/mol. The van der Waals surface area contributed by atoms with Gasteiger partial charge in [0.1, 0.15) is 5.69 Å². The molecule has 0 saturated carbocycles. The maximum atomic E-state index is 11.9. The number of aromatic nitrogens is 1. The molecule has 0 atom stereocenters. The van der Waals surface area contributed by atoms with Crippen LogP contribution in [-0.2, 0) is 0 Å². The Balaban J connectivity index is 2.86. The first-order valence-electron chi connectivity index (χ1n) is 5.42. The number of nitro groups is 1. The molecule has 7 heteroatoms. The van der Waals surface area contributed by atoms with Gasteiger partial charge in [-0.3, -0.25) is 14.9 Å². The van der Waals surface area contributed by atoms with E-state index in [-0.39, 0.29) is 11.4 Å². The van der Waals surface area contributed by atoms with Crippen LogP contribution in [-0.4, -0.2) is 32.1 Å². The van der Waals surface area contributed by atoms with Crippen molar-refractivity contribution in [3.8, 4) is 0 Å². The van der Waals surface area contributed by atoms with Crippen LogP contribution < -0.4 is 5.32 Å². The molecule has 0 aromatic carbocycles. The Morgan fingerprint density at radius 2 is 2.00 bits per heavy atom. The highest BCUT2D eigenvalue weighted by Crippen LogP contribution is 2.21. The monoisotopic (exact) mass is 255 g/mol. The summed E-state index contributed by atoms with van der Waals surface area (Å²) >= 11 is 0. The van der Waals surface area contributed by atoms with Crippen LogP contribution >= 0.6 is 0 Å².